The first-order valence-electron chi connectivity index (χ1n) is 10.8. The van der Waals surface area contributed by atoms with Gasteiger partial charge in [0.1, 0.15) is 6.10 Å². The van der Waals surface area contributed by atoms with Gasteiger partial charge in [-0.1, -0.05) is 38.0 Å². The van der Waals surface area contributed by atoms with Crippen LogP contribution in [0.25, 0.3) is 0 Å². The molecule has 0 unspecified atom stereocenters. The van der Waals surface area contributed by atoms with Crippen molar-refractivity contribution in [1.82, 2.24) is 4.98 Å². The third-order valence-electron chi connectivity index (χ3n) is 5.86. The van der Waals surface area contributed by atoms with Crippen molar-refractivity contribution in [3.05, 3.63) is 41.4 Å². The molecule has 2 aliphatic rings. The minimum atomic E-state index is -1.27. The Hall–Kier alpha value is -2.45. The number of hydrogen-bond acceptors (Lipinski definition) is 8. The Morgan fingerprint density at radius 1 is 1.23 bits per heavy atom. The number of cyclic esters (lactones) is 2. The Balaban J connectivity index is 1.42. The molecule has 0 saturated carbocycles. The Morgan fingerprint density at radius 3 is 2.81 bits per heavy atom. The van der Waals surface area contributed by atoms with Gasteiger partial charge in [-0.15, -0.1) is 11.3 Å². The molecule has 3 heterocycles. The van der Waals surface area contributed by atoms with Gasteiger partial charge in [0.2, 0.25) is 0 Å². The van der Waals surface area contributed by atoms with E-state index in [2.05, 4.69) is 17.2 Å². The summed E-state index contributed by atoms with van der Waals surface area (Å²) in [5, 5.41) is 5.82. The number of carbonyl (C=O) groups is 2. The number of rotatable bonds is 9. The first kappa shape index (κ1) is 21.8. The van der Waals surface area contributed by atoms with E-state index in [0.717, 1.165) is 24.9 Å². The van der Waals surface area contributed by atoms with Crippen LogP contribution in [0.1, 0.15) is 51.6 Å². The zero-order valence-corrected chi connectivity index (χ0v) is 18.7. The molecule has 7 nitrogen and oxygen atoms in total. The second-order valence-corrected chi connectivity index (χ2v) is 9.28. The van der Waals surface area contributed by atoms with E-state index in [1.807, 2.05) is 42.6 Å². The number of unbranched alkanes of at least 4 members (excludes halogenated alkanes) is 2. The van der Waals surface area contributed by atoms with Gasteiger partial charge in [0.15, 0.2) is 16.1 Å². The Kier molecular flexibility index (Phi) is 6.29. The maximum atomic E-state index is 12.9. The van der Waals surface area contributed by atoms with Crippen LogP contribution >= 0.6 is 11.3 Å². The fraction of sp³-hybridized carbons (Fsp3) is 0.522. The van der Waals surface area contributed by atoms with E-state index in [9.17, 15) is 9.59 Å². The number of nitrogens with one attached hydrogen (secondary N) is 1. The summed E-state index contributed by atoms with van der Waals surface area (Å²) in [6.07, 6.45) is 3.29. The molecule has 1 aromatic heterocycles. The smallest absolute Gasteiger partial charge is 0.324 e. The van der Waals surface area contributed by atoms with Crippen molar-refractivity contribution < 1.29 is 23.8 Å². The van der Waals surface area contributed by atoms with Crippen molar-refractivity contribution in [2.24, 2.45) is 5.41 Å². The molecule has 0 radical (unpaired) electrons. The lowest BCUT2D eigenvalue weighted by Gasteiger charge is -2.20. The highest BCUT2D eigenvalue weighted by molar-refractivity contribution is 7.13. The van der Waals surface area contributed by atoms with Crippen molar-refractivity contribution in [3.63, 3.8) is 0 Å². The molecule has 31 heavy (non-hydrogen) atoms. The van der Waals surface area contributed by atoms with E-state index in [1.165, 1.54) is 11.3 Å². The molecule has 4 rings (SSSR count). The molecule has 3 atom stereocenters. The van der Waals surface area contributed by atoms with Crippen LogP contribution in [0.3, 0.4) is 0 Å². The summed E-state index contributed by atoms with van der Waals surface area (Å²) in [6.45, 7) is 4.88. The second-order valence-electron chi connectivity index (χ2n) is 8.42. The van der Waals surface area contributed by atoms with Crippen LogP contribution in [0.5, 0.6) is 0 Å². The van der Waals surface area contributed by atoms with Crippen molar-refractivity contribution in [2.75, 3.05) is 18.5 Å². The molecule has 1 N–H and O–H groups in total. The molecule has 2 saturated heterocycles. The normalized spacial score (nSPS) is 27.5. The van der Waals surface area contributed by atoms with Crippen LogP contribution in [0.4, 0.5) is 10.8 Å². The summed E-state index contributed by atoms with van der Waals surface area (Å²) in [5.74, 6) is -1.04. The van der Waals surface area contributed by atoms with Crippen LogP contribution in [-0.4, -0.2) is 36.2 Å². The number of thiazole rings is 1. The average Bonchev–Trinajstić information content (AvgIpc) is 3.41. The predicted molar refractivity (Wildman–Crippen MR) is 117 cm³/mol. The molecule has 1 spiro atoms. The monoisotopic (exact) mass is 444 g/mol. The highest BCUT2D eigenvalue weighted by Gasteiger charge is 2.65. The lowest BCUT2D eigenvalue weighted by atomic mass is 9.78. The van der Waals surface area contributed by atoms with Gasteiger partial charge in [-0.2, -0.15) is 0 Å². The fourth-order valence-corrected chi connectivity index (χ4v) is 5.05. The average molecular weight is 445 g/mol. The number of anilines is 2. The summed E-state index contributed by atoms with van der Waals surface area (Å²) >= 11 is 1.43. The molecular weight excluding hydrogens is 416 g/mol. The van der Waals surface area contributed by atoms with Crippen LogP contribution in [-0.2, 0) is 29.4 Å². The highest BCUT2D eigenvalue weighted by atomic mass is 32.1. The van der Waals surface area contributed by atoms with Crippen LogP contribution in [0.15, 0.2) is 35.7 Å². The molecule has 2 fully saturated rings. The third kappa shape index (κ3) is 4.45. The first-order chi connectivity index (χ1) is 14.9. The van der Waals surface area contributed by atoms with Crippen LogP contribution in [0.2, 0.25) is 0 Å². The second kappa shape index (κ2) is 8.96. The number of nitrogens with zero attached hydrogens (tertiary/aromatic N) is 1. The van der Waals surface area contributed by atoms with Crippen molar-refractivity contribution >= 4 is 34.1 Å². The molecular formula is C23H28N2O5S. The van der Waals surface area contributed by atoms with Gasteiger partial charge >= 0.3 is 11.9 Å². The van der Waals surface area contributed by atoms with Gasteiger partial charge in [-0.05, 0) is 25.5 Å². The molecule has 8 heteroatoms. The summed E-state index contributed by atoms with van der Waals surface area (Å²) < 4.78 is 16.9. The molecule has 0 amide bonds. The van der Waals surface area contributed by atoms with E-state index < -0.39 is 29.1 Å². The molecule has 0 aliphatic carbocycles. The zero-order chi connectivity index (χ0) is 21.9. The molecule has 1 aromatic carbocycles. The Morgan fingerprint density at radius 2 is 2.03 bits per heavy atom. The van der Waals surface area contributed by atoms with Crippen LogP contribution < -0.4 is 5.32 Å². The summed E-state index contributed by atoms with van der Waals surface area (Å²) in [6, 6.07) is 9.73. The van der Waals surface area contributed by atoms with Gasteiger partial charge in [0.05, 0.1) is 12.3 Å². The number of hydrogen-bond donors (Lipinski definition) is 1. The van der Waals surface area contributed by atoms with E-state index in [0.29, 0.717) is 24.0 Å². The van der Waals surface area contributed by atoms with E-state index in [-0.39, 0.29) is 12.8 Å². The Bertz CT molecular complexity index is 933. The summed E-state index contributed by atoms with van der Waals surface area (Å²) in [4.78, 5) is 30.2. The molecule has 2 aromatic rings. The predicted octanol–water partition coefficient (Wildman–Crippen LogP) is 4.56. The van der Waals surface area contributed by atoms with Crippen molar-refractivity contribution in [3.8, 4) is 0 Å². The van der Waals surface area contributed by atoms with Gasteiger partial charge in [0.25, 0.3) is 0 Å². The van der Waals surface area contributed by atoms with Gasteiger partial charge in [0, 0.05) is 30.5 Å². The van der Waals surface area contributed by atoms with Gasteiger partial charge < -0.3 is 19.5 Å². The van der Waals surface area contributed by atoms with Gasteiger partial charge in [-0.3, -0.25) is 9.59 Å². The SMILES string of the molecule is CCCCCOC[C@@H]1C[C@@]2(C[C@](C)(c3csc(Nc4ccccc4)n3)OC2=O)C(=O)O1. The Labute approximate surface area is 186 Å². The molecule has 2 aliphatic heterocycles. The number of ether oxygens (including phenoxy) is 3. The lowest BCUT2D eigenvalue weighted by molar-refractivity contribution is -0.160. The fourth-order valence-electron chi connectivity index (χ4n) is 4.20. The maximum absolute atomic E-state index is 12.9. The minimum absolute atomic E-state index is 0.221. The topological polar surface area (TPSA) is 86.8 Å². The number of esters is 2. The summed E-state index contributed by atoms with van der Waals surface area (Å²) in [7, 11) is 0. The number of para-hydroxylation sites is 1. The van der Waals surface area contributed by atoms with Crippen LogP contribution in [0, 0.1) is 5.41 Å². The van der Waals surface area contributed by atoms with E-state index in [4.69, 9.17) is 14.2 Å². The molecule has 0 bridgehead atoms. The van der Waals surface area contributed by atoms with Crippen molar-refractivity contribution in [1.29, 1.82) is 0 Å². The maximum Gasteiger partial charge on any atom is 0.324 e. The highest BCUT2D eigenvalue weighted by Crippen LogP contribution is 2.52. The largest absolute Gasteiger partial charge is 0.459 e. The lowest BCUT2D eigenvalue weighted by Crippen LogP contribution is -2.32. The zero-order valence-electron chi connectivity index (χ0n) is 17.9. The van der Waals surface area contributed by atoms with E-state index >= 15 is 0 Å². The third-order valence-corrected chi connectivity index (χ3v) is 6.61. The summed E-state index contributed by atoms with van der Waals surface area (Å²) in [5.41, 5.74) is -0.689. The first-order valence-corrected chi connectivity index (χ1v) is 11.6. The van der Waals surface area contributed by atoms with Gasteiger partial charge in [-0.25, -0.2) is 4.98 Å². The number of benzene rings is 1. The number of carbonyl (C=O) groups excluding carboxylic acids is 2. The quantitative estimate of drug-likeness (QED) is 0.345. The van der Waals surface area contributed by atoms with E-state index in [1.54, 1.807) is 0 Å². The standard InChI is InChI=1S/C23H28N2O5S/c1-3-4-8-11-28-13-17-12-23(19(26)29-17)15-22(2,30-20(23)27)18-14-31-21(25-18)24-16-9-6-5-7-10-16/h5-7,9-10,14,17H,3-4,8,11-13,15H2,1-2H3,(H,24,25)/t17-,22+,23+/m0/s1. The van der Waals surface area contributed by atoms with Crippen molar-refractivity contribution in [2.45, 2.75) is 57.7 Å². The molecule has 166 valence electrons. The minimum Gasteiger partial charge on any atom is -0.459 e. The number of aromatic nitrogens is 1.